The number of amides is 1. The number of H-pyrrole nitrogens is 1. The first-order valence-electron chi connectivity index (χ1n) is 10.4. The molecular weight excluding hydrogens is 406 g/mol. The number of hydrogen-bond acceptors (Lipinski definition) is 6. The summed E-state index contributed by atoms with van der Waals surface area (Å²) >= 11 is 0. The molecule has 160 valence electrons. The highest BCUT2D eigenvalue weighted by Crippen LogP contribution is 2.37. The Morgan fingerprint density at radius 2 is 2.07 bits per heavy atom. The van der Waals surface area contributed by atoms with E-state index in [9.17, 15) is 13.2 Å². The van der Waals surface area contributed by atoms with E-state index in [1.165, 1.54) is 0 Å². The normalized spacial score (nSPS) is 24.7. The Morgan fingerprint density at radius 3 is 2.90 bits per heavy atom. The van der Waals surface area contributed by atoms with Crippen molar-refractivity contribution in [3.63, 3.8) is 0 Å². The molecule has 30 heavy (non-hydrogen) atoms. The molecule has 0 unspecified atom stereocenters. The Morgan fingerprint density at radius 1 is 1.23 bits per heavy atom. The number of fused-ring (bicyclic) bond motifs is 1. The molecule has 1 aliphatic carbocycles. The minimum atomic E-state index is -3.41. The lowest BCUT2D eigenvalue weighted by Crippen LogP contribution is -2.31. The number of anilines is 2. The minimum absolute atomic E-state index is 0.0588. The fourth-order valence-electron chi connectivity index (χ4n) is 4.56. The van der Waals surface area contributed by atoms with E-state index in [0.717, 1.165) is 62.1 Å². The van der Waals surface area contributed by atoms with Gasteiger partial charge in [0.2, 0.25) is 10.0 Å². The molecule has 3 aliphatic rings. The van der Waals surface area contributed by atoms with Crippen molar-refractivity contribution in [2.24, 2.45) is 0 Å². The van der Waals surface area contributed by atoms with Gasteiger partial charge in [-0.05, 0) is 44.2 Å². The number of nitrogens with zero attached hydrogens (tertiary/aromatic N) is 2. The topological polar surface area (TPSA) is 116 Å². The minimum Gasteiger partial charge on any atom is -0.446 e. The van der Waals surface area contributed by atoms with Crippen molar-refractivity contribution in [2.45, 2.75) is 55.6 Å². The zero-order valence-electron chi connectivity index (χ0n) is 16.6. The molecule has 1 saturated carbocycles. The van der Waals surface area contributed by atoms with Gasteiger partial charge in [0.05, 0.1) is 4.90 Å². The number of sulfonamides is 1. The highest BCUT2D eigenvalue weighted by atomic mass is 32.2. The number of nitrogens with one attached hydrogen (secondary N) is 3. The molecule has 2 aliphatic heterocycles. The van der Waals surface area contributed by atoms with Crippen LogP contribution in [0.25, 0.3) is 0 Å². The number of benzene rings is 1. The van der Waals surface area contributed by atoms with Gasteiger partial charge < -0.3 is 15.0 Å². The van der Waals surface area contributed by atoms with Crippen molar-refractivity contribution < 1.29 is 17.9 Å². The van der Waals surface area contributed by atoms with Crippen LogP contribution in [0.1, 0.15) is 49.3 Å². The predicted octanol–water partition coefficient (Wildman–Crippen LogP) is 2.81. The quantitative estimate of drug-likeness (QED) is 0.685. The number of carbonyl (C=O) groups is 1. The van der Waals surface area contributed by atoms with Crippen LogP contribution >= 0.6 is 0 Å². The molecule has 0 bridgehead atoms. The van der Waals surface area contributed by atoms with E-state index in [2.05, 4.69) is 20.2 Å². The fraction of sp³-hybridized carbons (Fsp3) is 0.500. The molecule has 1 aromatic heterocycles. The van der Waals surface area contributed by atoms with Crippen LogP contribution < -0.4 is 10.0 Å². The number of ether oxygens (including phenoxy) is 1. The molecule has 2 aromatic rings. The van der Waals surface area contributed by atoms with E-state index in [-0.39, 0.29) is 24.7 Å². The number of aromatic nitrogens is 2. The summed E-state index contributed by atoms with van der Waals surface area (Å²) in [6.07, 6.45) is 4.43. The maximum absolute atomic E-state index is 12.2. The first-order chi connectivity index (χ1) is 14.5. The zero-order valence-corrected chi connectivity index (χ0v) is 17.4. The first kappa shape index (κ1) is 19.4. The summed E-state index contributed by atoms with van der Waals surface area (Å²) in [5.41, 5.74) is 2.44. The monoisotopic (exact) mass is 431 g/mol. The van der Waals surface area contributed by atoms with Gasteiger partial charge in [0.25, 0.3) is 0 Å². The van der Waals surface area contributed by atoms with E-state index in [1.54, 1.807) is 17.0 Å². The van der Waals surface area contributed by atoms with E-state index in [0.29, 0.717) is 10.7 Å². The zero-order chi connectivity index (χ0) is 20.7. The molecule has 10 heteroatoms. The molecule has 2 fully saturated rings. The van der Waals surface area contributed by atoms with Gasteiger partial charge in [0.15, 0.2) is 5.82 Å². The summed E-state index contributed by atoms with van der Waals surface area (Å²) in [5.74, 6) is 0.896. The van der Waals surface area contributed by atoms with Crippen LogP contribution in [0.3, 0.4) is 0 Å². The van der Waals surface area contributed by atoms with E-state index < -0.39 is 10.0 Å². The number of hydrogen-bond donors (Lipinski definition) is 3. The third-order valence-electron chi connectivity index (χ3n) is 6.18. The molecule has 9 nitrogen and oxygen atoms in total. The molecular formula is C20H25N5O4S. The number of likely N-dealkylation sites (tertiary alicyclic amines) is 1. The summed E-state index contributed by atoms with van der Waals surface area (Å²) in [6.45, 7) is 1.86. The van der Waals surface area contributed by atoms with Crippen LogP contribution in [0, 0.1) is 0 Å². The largest absolute Gasteiger partial charge is 0.446 e. The van der Waals surface area contributed by atoms with Gasteiger partial charge >= 0.3 is 6.09 Å². The maximum Gasteiger partial charge on any atom is 0.410 e. The van der Waals surface area contributed by atoms with Gasteiger partial charge in [-0.25, -0.2) is 17.9 Å². The third-order valence-corrected chi connectivity index (χ3v) is 7.66. The highest BCUT2D eigenvalue weighted by molar-refractivity contribution is 7.89. The van der Waals surface area contributed by atoms with Crippen LogP contribution in [0.4, 0.5) is 16.3 Å². The standard InChI is InChI=1S/C20H25N5O4S/c26-20(25-8-1-2-9-25)29-14-7-6-13(10-14)17-11-19(24-23-17)22-16-4-3-5-18-15(16)12-21-30(18,27)28/h3-5,11,13-14,21H,1-2,6-10,12H2,(H2,22,23,24)/t13-,14+/m0/s1. The van der Waals surface area contributed by atoms with Crippen molar-refractivity contribution in [3.05, 3.63) is 35.5 Å². The second-order valence-electron chi connectivity index (χ2n) is 8.15. The summed E-state index contributed by atoms with van der Waals surface area (Å²) in [5, 5.41) is 10.7. The van der Waals surface area contributed by atoms with E-state index in [1.807, 2.05) is 12.1 Å². The van der Waals surface area contributed by atoms with Gasteiger partial charge in [0, 0.05) is 48.6 Å². The molecule has 5 rings (SSSR count). The van der Waals surface area contributed by atoms with Gasteiger partial charge in [0.1, 0.15) is 6.10 Å². The van der Waals surface area contributed by atoms with Crippen molar-refractivity contribution in [1.29, 1.82) is 0 Å². The highest BCUT2D eigenvalue weighted by Gasteiger charge is 2.32. The van der Waals surface area contributed by atoms with Crippen molar-refractivity contribution >= 4 is 27.6 Å². The lowest BCUT2D eigenvalue weighted by atomic mass is 10.0. The fourth-order valence-corrected chi connectivity index (χ4v) is 5.81. The molecule has 1 aromatic carbocycles. The Hall–Kier alpha value is -2.59. The number of aromatic amines is 1. The molecule has 3 N–H and O–H groups in total. The first-order valence-corrected chi connectivity index (χ1v) is 11.9. The molecule has 1 amide bonds. The summed E-state index contributed by atoms with van der Waals surface area (Å²) in [7, 11) is -3.41. The summed E-state index contributed by atoms with van der Waals surface area (Å²) in [4.78, 5) is 14.3. The Balaban J connectivity index is 1.23. The van der Waals surface area contributed by atoms with Crippen molar-refractivity contribution in [2.75, 3.05) is 18.4 Å². The SMILES string of the molecule is O=C(O[C@@H]1CC[C@H](c2cc(Nc3cccc4c3CNS4(=O)=O)n[nH]2)C1)N1CCCC1. The van der Waals surface area contributed by atoms with E-state index in [4.69, 9.17) is 4.74 Å². The Labute approximate surface area is 175 Å². The van der Waals surface area contributed by atoms with Crippen LogP contribution in [-0.4, -0.2) is 48.8 Å². The molecule has 3 heterocycles. The van der Waals surface area contributed by atoms with Crippen LogP contribution in [0.2, 0.25) is 0 Å². The molecule has 2 atom stereocenters. The average Bonchev–Trinajstić information content (AvgIpc) is 3.49. The summed E-state index contributed by atoms with van der Waals surface area (Å²) < 4.78 is 32.3. The van der Waals surface area contributed by atoms with Crippen LogP contribution in [0.5, 0.6) is 0 Å². The van der Waals surface area contributed by atoms with Gasteiger partial charge in [-0.15, -0.1) is 0 Å². The van der Waals surface area contributed by atoms with Crippen molar-refractivity contribution in [3.8, 4) is 0 Å². The van der Waals surface area contributed by atoms with Gasteiger partial charge in [-0.3, -0.25) is 5.10 Å². The average molecular weight is 432 g/mol. The predicted molar refractivity (Wildman–Crippen MR) is 110 cm³/mol. The smallest absolute Gasteiger partial charge is 0.410 e. The molecule has 0 radical (unpaired) electrons. The Bertz CT molecular complexity index is 1060. The number of rotatable bonds is 4. The Kier molecular flexibility index (Phi) is 4.90. The van der Waals surface area contributed by atoms with E-state index >= 15 is 0 Å². The summed E-state index contributed by atoms with van der Waals surface area (Å²) in [6, 6.07) is 7.12. The number of carbonyl (C=O) groups excluding carboxylic acids is 1. The maximum atomic E-state index is 12.2. The molecule has 0 spiro atoms. The second-order valence-corrected chi connectivity index (χ2v) is 9.89. The lowest BCUT2D eigenvalue weighted by Gasteiger charge is -2.19. The second kappa shape index (κ2) is 7.59. The van der Waals surface area contributed by atoms with Gasteiger partial charge in [-0.1, -0.05) is 6.07 Å². The van der Waals surface area contributed by atoms with Crippen molar-refractivity contribution in [1.82, 2.24) is 19.8 Å². The molecule has 1 saturated heterocycles. The third kappa shape index (κ3) is 3.65. The van der Waals surface area contributed by atoms with Crippen LogP contribution in [-0.2, 0) is 21.3 Å². The van der Waals surface area contributed by atoms with Gasteiger partial charge in [-0.2, -0.15) is 5.10 Å². The lowest BCUT2D eigenvalue weighted by molar-refractivity contribution is 0.0709. The van der Waals surface area contributed by atoms with Crippen LogP contribution in [0.15, 0.2) is 29.2 Å².